The average Bonchev–Trinajstić information content (AvgIpc) is 2.24. The largest absolute Gasteiger partial charge is 0.312 e. The Kier molecular flexibility index (Phi) is 3.03. The minimum atomic E-state index is -2.50. The third-order valence-electron chi connectivity index (χ3n) is 3.09. The fourth-order valence-electron chi connectivity index (χ4n) is 2.08. The maximum absolute atomic E-state index is 12.9. The first-order chi connectivity index (χ1) is 7.57. The second-order valence-corrected chi connectivity index (χ2v) is 4.37. The zero-order valence-electron chi connectivity index (χ0n) is 8.90. The van der Waals surface area contributed by atoms with E-state index in [1.54, 1.807) is 17.0 Å². The zero-order chi connectivity index (χ0) is 11.6. The maximum atomic E-state index is 12.9. The zero-order valence-corrected chi connectivity index (χ0v) is 8.90. The van der Waals surface area contributed by atoms with Gasteiger partial charge in [0.25, 0.3) is 5.56 Å². The molecule has 1 aliphatic carbocycles. The van der Waals surface area contributed by atoms with E-state index in [1.807, 2.05) is 0 Å². The van der Waals surface area contributed by atoms with Crippen LogP contribution in [0.5, 0.6) is 0 Å². The van der Waals surface area contributed by atoms with E-state index in [4.69, 9.17) is 0 Å². The van der Waals surface area contributed by atoms with Crippen molar-refractivity contribution in [3.63, 3.8) is 0 Å². The molecule has 1 aromatic rings. The first-order valence-corrected chi connectivity index (χ1v) is 5.45. The van der Waals surface area contributed by atoms with E-state index in [0.717, 1.165) is 0 Å². The van der Waals surface area contributed by atoms with Gasteiger partial charge in [-0.2, -0.15) is 0 Å². The van der Waals surface area contributed by atoms with Crippen molar-refractivity contribution in [1.29, 1.82) is 0 Å². The van der Waals surface area contributed by atoms with Crippen LogP contribution in [-0.2, 0) is 6.54 Å². The normalized spacial score (nSPS) is 20.9. The van der Waals surface area contributed by atoms with Crippen LogP contribution in [0.1, 0.15) is 25.7 Å². The Hall–Kier alpha value is -1.26. The van der Waals surface area contributed by atoms with E-state index in [1.165, 1.54) is 6.20 Å². The molecule has 3 nitrogen and oxygen atoms in total. The first-order valence-electron chi connectivity index (χ1n) is 5.45. The highest BCUT2D eigenvalue weighted by molar-refractivity contribution is 4.83. The number of hydrogen-bond donors (Lipinski definition) is 0. The summed E-state index contributed by atoms with van der Waals surface area (Å²) in [4.78, 5) is 15.1. The quantitative estimate of drug-likeness (QED) is 0.776. The predicted molar refractivity (Wildman–Crippen MR) is 55.4 cm³/mol. The van der Waals surface area contributed by atoms with Gasteiger partial charge in [-0.25, -0.2) is 8.78 Å². The minimum Gasteiger partial charge on any atom is -0.312 e. The Morgan fingerprint density at radius 2 is 2.12 bits per heavy atom. The number of nitrogens with zero attached hydrogens (tertiary/aromatic N) is 2. The van der Waals surface area contributed by atoms with Crippen molar-refractivity contribution >= 4 is 0 Å². The van der Waals surface area contributed by atoms with Crippen molar-refractivity contribution in [3.05, 3.63) is 28.9 Å². The third kappa shape index (κ3) is 2.65. The minimum absolute atomic E-state index is 0.0580. The van der Waals surface area contributed by atoms with Crippen LogP contribution in [0.15, 0.2) is 23.4 Å². The Labute approximate surface area is 92.1 Å². The summed E-state index contributed by atoms with van der Waals surface area (Å²) in [5.41, 5.74) is -0.167. The van der Waals surface area contributed by atoms with Gasteiger partial charge in [-0.3, -0.25) is 9.78 Å². The van der Waals surface area contributed by atoms with Crippen molar-refractivity contribution in [2.24, 2.45) is 5.92 Å². The molecule has 0 aromatic carbocycles. The fraction of sp³-hybridized carbons (Fsp3) is 0.636. The van der Waals surface area contributed by atoms with Crippen LogP contribution in [0.4, 0.5) is 8.78 Å². The van der Waals surface area contributed by atoms with Crippen LogP contribution in [-0.4, -0.2) is 15.5 Å². The van der Waals surface area contributed by atoms with Crippen LogP contribution in [0.25, 0.3) is 0 Å². The lowest BCUT2D eigenvalue weighted by atomic mass is 9.87. The lowest BCUT2D eigenvalue weighted by molar-refractivity contribution is -0.0474. The van der Waals surface area contributed by atoms with Crippen LogP contribution in [0, 0.1) is 5.92 Å². The second kappa shape index (κ2) is 4.31. The van der Waals surface area contributed by atoms with E-state index in [0.29, 0.717) is 19.4 Å². The molecule has 0 aliphatic heterocycles. The van der Waals surface area contributed by atoms with Gasteiger partial charge in [0, 0.05) is 31.8 Å². The molecule has 1 aromatic heterocycles. The molecule has 1 aliphatic rings. The first kappa shape index (κ1) is 11.2. The molecule has 16 heavy (non-hydrogen) atoms. The second-order valence-electron chi connectivity index (χ2n) is 4.37. The summed E-state index contributed by atoms with van der Waals surface area (Å²) in [5.74, 6) is -2.32. The summed E-state index contributed by atoms with van der Waals surface area (Å²) in [5, 5.41) is 0. The van der Waals surface area contributed by atoms with Gasteiger partial charge in [0.2, 0.25) is 5.92 Å². The summed E-state index contributed by atoms with van der Waals surface area (Å²) < 4.78 is 27.4. The van der Waals surface area contributed by atoms with Crippen molar-refractivity contribution in [2.45, 2.75) is 38.2 Å². The number of hydrogen-bond acceptors (Lipinski definition) is 2. The molecular weight excluding hydrogens is 214 g/mol. The molecule has 0 saturated heterocycles. The number of aromatic nitrogens is 2. The van der Waals surface area contributed by atoms with Gasteiger partial charge in [0.1, 0.15) is 0 Å². The van der Waals surface area contributed by atoms with E-state index in [9.17, 15) is 13.6 Å². The van der Waals surface area contributed by atoms with Crippen molar-refractivity contribution in [3.8, 4) is 0 Å². The van der Waals surface area contributed by atoms with Gasteiger partial charge < -0.3 is 4.57 Å². The highest BCUT2D eigenvalue weighted by Crippen LogP contribution is 2.36. The SMILES string of the molecule is O=c1cnccn1CC1CCC(F)(F)CC1. The van der Waals surface area contributed by atoms with E-state index in [2.05, 4.69) is 4.98 Å². The van der Waals surface area contributed by atoms with Gasteiger partial charge >= 0.3 is 0 Å². The molecule has 2 rings (SSSR count). The molecule has 5 heteroatoms. The summed E-state index contributed by atoms with van der Waals surface area (Å²) in [6, 6.07) is 0. The topological polar surface area (TPSA) is 34.9 Å². The standard InChI is InChI=1S/C11H14F2N2O/c12-11(13)3-1-9(2-4-11)8-15-6-5-14-7-10(15)16/h5-7,9H,1-4,8H2. The number of rotatable bonds is 2. The van der Waals surface area contributed by atoms with Gasteiger partial charge in [-0.1, -0.05) is 0 Å². The van der Waals surface area contributed by atoms with E-state index >= 15 is 0 Å². The Morgan fingerprint density at radius 1 is 1.44 bits per heavy atom. The van der Waals surface area contributed by atoms with Crippen LogP contribution in [0.3, 0.4) is 0 Å². The Morgan fingerprint density at radius 3 is 2.75 bits per heavy atom. The van der Waals surface area contributed by atoms with Gasteiger partial charge in [-0.05, 0) is 18.8 Å². The molecule has 1 heterocycles. The molecule has 0 unspecified atom stereocenters. The summed E-state index contributed by atoms with van der Waals surface area (Å²) in [7, 11) is 0. The van der Waals surface area contributed by atoms with Gasteiger partial charge in [-0.15, -0.1) is 0 Å². The van der Waals surface area contributed by atoms with Crippen LogP contribution >= 0.6 is 0 Å². The van der Waals surface area contributed by atoms with Crippen LogP contribution in [0.2, 0.25) is 0 Å². The average molecular weight is 228 g/mol. The van der Waals surface area contributed by atoms with Crippen molar-refractivity contribution in [1.82, 2.24) is 9.55 Å². The fourth-order valence-corrected chi connectivity index (χ4v) is 2.08. The Balaban J connectivity index is 1.97. The third-order valence-corrected chi connectivity index (χ3v) is 3.09. The number of halogens is 2. The molecule has 1 fully saturated rings. The van der Waals surface area contributed by atoms with Crippen LogP contribution < -0.4 is 5.56 Å². The molecule has 0 N–H and O–H groups in total. The summed E-state index contributed by atoms with van der Waals surface area (Å²) in [6.07, 6.45) is 5.25. The molecule has 88 valence electrons. The van der Waals surface area contributed by atoms with Crippen molar-refractivity contribution < 1.29 is 8.78 Å². The van der Waals surface area contributed by atoms with Gasteiger partial charge in [0.05, 0.1) is 6.20 Å². The van der Waals surface area contributed by atoms with E-state index < -0.39 is 5.92 Å². The smallest absolute Gasteiger partial charge is 0.268 e. The molecule has 0 spiro atoms. The lowest BCUT2D eigenvalue weighted by Crippen LogP contribution is -2.29. The highest BCUT2D eigenvalue weighted by atomic mass is 19.3. The maximum Gasteiger partial charge on any atom is 0.268 e. The molecule has 0 bridgehead atoms. The monoisotopic (exact) mass is 228 g/mol. The van der Waals surface area contributed by atoms with Gasteiger partial charge in [0.15, 0.2) is 0 Å². The molecule has 0 atom stereocenters. The lowest BCUT2D eigenvalue weighted by Gasteiger charge is -2.28. The van der Waals surface area contributed by atoms with Crippen molar-refractivity contribution in [2.75, 3.05) is 0 Å². The number of alkyl halides is 2. The molecule has 0 radical (unpaired) electrons. The molecular formula is C11H14F2N2O. The highest BCUT2D eigenvalue weighted by Gasteiger charge is 2.34. The predicted octanol–water partition coefficient (Wildman–Crippen LogP) is 2.07. The Bertz CT molecular complexity index is 406. The summed E-state index contributed by atoms with van der Waals surface area (Å²) >= 11 is 0. The summed E-state index contributed by atoms with van der Waals surface area (Å²) in [6.45, 7) is 0.525. The molecule has 0 amide bonds. The van der Waals surface area contributed by atoms with E-state index in [-0.39, 0.29) is 24.3 Å². The molecule has 1 saturated carbocycles.